The van der Waals surface area contributed by atoms with Crippen LogP contribution in [0.1, 0.15) is 22.3 Å². The van der Waals surface area contributed by atoms with Crippen LogP contribution in [0.2, 0.25) is 0 Å². The van der Waals surface area contributed by atoms with E-state index in [4.69, 9.17) is 0 Å². The molecular weight excluding hydrogens is 233 g/mol. The lowest BCUT2D eigenvalue weighted by molar-refractivity contribution is -0.115. The summed E-state index contributed by atoms with van der Waals surface area (Å²) in [5.74, 6) is -1.19. The van der Waals surface area contributed by atoms with Gasteiger partial charge in [-0.25, -0.2) is 4.39 Å². The van der Waals surface area contributed by atoms with E-state index in [0.29, 0.717) is 17.7 Å². The number of halogens is 1. The fourth-order valence-electron chi connectivity index (χ4n) is 2.21. The van der Waals surface area contributed by atoms with E-state index in [-0.39, 0.29) is 18.0 Å². The third-order valence-corrected chi connectivity index (χ3v) is 3.16. The van der Waals surface area contributed by atoms with Crippen LogP contribution >= 0.6 is 0 Å². The van der Waals surface area contributed by atoms with Gasteiger partial charge in [0.1, 0.15) is 5.82 Å². The number of Topliss-reactive ketones (excluding diaryl/α,β-unsaturated/α-hetero) is 2. The van der Waals surface area contributed by atoms with Gasteiger partial charge in [-0.05, 0) is 24.1 Å². The largest absolute Gasteiger partial charge is 0.320 e. The first kappa shape index (κ1) is 10.9. The highest BCUT2D eigenvalue weighted by molar-refractivity contribution is 6.44. The Hall–Kier alpha value is -2.23. The smallest absolute Gasteiger partial charge is 0.230 e. The van der Waals surface area contributed by atoms with Crippen molar-refractivity contribution >= 4 is 11.6 Å². The van der Waals surface area contributed by atoms with Gasteiger partial charge in [-0.2, -0.15) is 0 Å². The first-order valence-electron chi connectivity index (χ1n) is 5.70. The van der Waals surface area contributed by atoms with Crippen molar-refractivity contribution in [3.05, 3.63) is 53.6 Å². The van der Waals surface area contributed by atoms with Crippen LogP contribution in [-0.4, -0.2) is 16.1 Å². The molecule has 0 N–H and O–H groups in total. The number of para-hydroxylation sites is 1. The van der Waals surface area contributed by atoms with Gasteiger partial charge in [0.25, 0.3) is 0 Å². The molecule has 0 unspecified atom stereocenters. The first-order valence-corrected chi connectivity index (χ1v) is 5.70. The van der Waals surface area contributed by atoms with Crippen LogP contribution in [-0.2, 0) is 11.2 Å². The molecule has 0 atom stereocenters. The number of carbonyl (C=O) groups excluding carboxylic acids is 2. The third-order valence-electron chi connectivity index (χ3n) is 3.16. The molecule has 1 aliphatic rings. The maximum Gasteiger partial charge on any atom is 0.230 e. The van der Waals surface area contributed by atoms with Gasteiger partial charge in [0.2, 0.25) is 11.6 Å². The van der Waals surface area contributed by atoms with Crippen molar-refractivity contribution in [2.75, 3.05) is 0 Å². The number of ketones is 2. The molecule has 1 aromatic heterocycles. The number of fused-ring (bicyclic) bond motifs is 1. The number of rotatable bonds is 1. The van der Waals surface area contributed by atoms with Gasteiger partial charge >= 0.3 is 0 Å². The molecule has 1 aromatic carbocycles. The van der Waals surface area contributed by atoms with Crippen LogP contribution in [0.5, 0.6) is 0 Å². The summed E-state index contributed by atoms with van der Waals surface area (Å²) >= 11 is 0. The van der Waals surface area contributed by atoms with Crippen LogP contribution in [0, 0.1) is 5.82 Å². The van der Waals surface area contributed by atoms with Gasteiger partial charge < -0.3 is 4.57 Å². The minimum absolute atomic E-state index is 0.243. The normalized spacial score (nSPS) is 14.7. The summed E-state index contributed by atoms with van der Waals surface area (Å²) in [7, 11) is 0. The van der Waals surface area contributed by atoms with E-state index in [1.807, 2.05) is 0 Å². The lowest BCUT2D eigenvalue weighted by Crippen LogP contribution is -2.20. The molecule has 0 saturated heterocycles. The molecule has 0 fully saturated rings. The van der Waals surface area contributed by atoms with Gasteiger partial charge in [-0.3, -0.25) is 9.59 Å². The van der Waals surface area contributed by atoms with Crippen molar-refractivity contribution in [1.29, 1.82) is 0 Å². The molecule has 1 heterocycles. The van der Waals surface area contributed by atoms with E-state index < -0.39 is 5.78 Å². The summed E-state index contributed by atoms with van der Waals surface area (Å²) in [5.41, 5.74) is 1.59. The fraction of sp³-hybridized carbons (Fsp3) is 0.143. The second kappa shape index (κ2) is 3.91. The van der Waals surface area contributed by atoms with Crippen LogP contribution in [0.4, 0.5) is 4.39 Å². The number of hydrogen-bond acceptors (Lipinski definition) is 2. The van der Waals surface area contributed by atoms with Gasteiger partial charge in [0.15, 0.2) is 0 Å². The minimum Gasteiger partial charge on any atom is -0.320 e. The summed E-state index contributed by atoms with van der Waals surface area (Å²) in [6.07, 6.45) is 4.04. The molecule has 2 aromatic rings. The Bertz CT molecular complexity index is 658. The second-order valence-electron chi connectivity index (χ2n) is 4.31. The first-order chi connectivity index (χ1) is 8.66. The summed E-state index contributed by atoms with van der Waals surface area (Å²) in [5, 5.41) is 0. The number of hydrogen-bond donors (Lipinski definition) is 0. The molecule has 4 heteroatoms. The molecule has 0 radical (unpaired) electrons. The molecule has 3 nitrogen and oxygen atoms in total. The Morgan fingerprint density at radius 2 is 1.83 bits per heavy atom. The zero-order valence-corrected chi connectivity index (χ0v) is 9.52. The number of nitrogens with zero attached hydrogens (tertiary/aromatic N) is 1. The van der Waals surface area contributed by atoms with Crippen molar-refractivity contribution in [1.82, 2.24) is 4.57 Å². The SMILES string of the molecule is O=C1CCc2cn(-c3ccccc3F)cc2C1=O. The molecule has 0 bridgehead atoms. The Morgan fingerprint density at radius 1 is 1.06 bits per heavy atom. The van der Waals surface area contributed by atoms with Crippen molar-refractivity contribution in [2.24, 2.45) is 0 Å². The number of aryl methyl sites for hydroxylation is 1. The van der Waals surface area contributed by atoms with E-state index in [2.05, 4.69) is 0 Å². The van der Waals surface area contributed by atoms with Crippen molar-refractivity contribution in [2.45, 2.75) is 12.8 Å². The molecule has 0 amide bonds. The molecule has 0 aliphatic heterocycles. The molecular formula is C14H10FNO2. The van der Waals surface area contributed by atoms with Gasteiger partial charge in [-0.15, -0.1) is 0 Å². The van der Waals surface area contributed by atoms with E-state index in [1.165, 1.54) is 12.3 Å². The van der Waals surface area contributed by atoms with Gasteiger partial charge in [-0.1, -0.05) is 12.1 Å². The van der Waals surface area contributed by atoms with Crippen molar-refractivity contribution < 1.29 is 14.0 Å². The predicted molar refractivity (Wildman–Crippen MR) is 63.4 cm³/mol. The van der Waals surface area contributed by atoms with Crippen LogP contribution < -0.4 is 0 Å². The standard InChI is InChI=1S/C14H10FNO2/c15-11-3-1-2-4-12(11)16-7-9-5-6-13(17)14(18)10(9)8-16/h1-4,7-8H,5-6H2. The zero-order chi connectivity index (χ0) is 12.7. The number of benzene rings is 1. The van der Waals surface area contributed by atoms with Crippen LogP contribution in [0.15, 0.2) is 36.7 Å². The number of carbonyl (C=O) groups is 2. The second-order valence-corrected chi connectivity index (χ2v) is 4.31. The van der Waals surface area contributed by atoms with E-state index >= 15 is 0 Å². The van der Waals surface area contributed by atoms with Crippen LogP contribution in [0.25, 0.3) is 5.69 Å². The Labute approximate surface area is 103 Å². The fourth-order valence-corrected chi connectivity index (χ4v) is 2.21. The Morgan fingerprint density at radius 3 is 2.61 bits per heavy atom. The summed E-state index contributed by atoms with van der Waals surface area (Å²) < 4.78 is 15.2. The number of aromatic nitrogens is 1. The summed E-state index contributed by atoms with van der Waals surface area (Å²) in [6, 6.07) is 6.33. The van der Waals surface area contributed by atoms with Gasteiger partial charge in [0, 0.05) is 24.4 Å². The average molecular weight is 243 g/mol. The van der Waals surface area contributed by atoms with E-state index in [9.17, 15) is 14.0 Å². The average Bonchev–Trinajstić information content (AvgIpc) is 2.79. The summed E-state index contributed by atoms with van der Waals surface area (Å²) in [4.78, 5) is 23.0. The molecule has 3 rings (SSSR count). The molecule has 1 aliphatic carbocycles. The Balaban J connectivity index is 2.12. The predicted octanol–water partition coefficient (Wildman–Crippen LogP) is 2.31. The maximum absolute atomic E-state index is 13.6. The Kier molecular flexibility index (Phi) is 2.37. The van der Waals surface area contributed by atoms with Gasteiger partial charge in [0.05, 0.1) is 5.69 Å². The highest BCUT2D eigenvalue weighted by atomic mass is 19.1. The molecule has 18 heavy (non-hydrogen) atoms. The molecule has 0 saturated carbocycles. The minimum atomic E-state index is -0.466. The summed E-state index contributed by atoms with van der Waals surface area (Å²) in [6.45, 7) is 0. The molecule has 0 spiro atoms. The maximum atomic E-state index is 13.6. The van der Waals surface area contributed by atoms with Crippen molar-refractivity contribution in [3.63, 3.8) is 0 Å². The van der Waals surface area contributed by atoms with E-state index in [1.54, 1.807) is 29.0 Å². The quantitative estimate of drug-likeness (QED) is 0.721. The van der Waals surface area contributed by atoms with Crippen molar-refractivity contribution in [3.8, 4) is 5.69 Å². The zero-order valence-electron chi connectivity index (χ0n) is 9.52. The third kappa shape index (κ3) is 1.57. The molecule has 90 valence electrons. The highest BCUT2D eigenvalue weighted by Gasteiger charge is 2.26. The topological polar surface area (TPSA) is 39.1 Å². The monoisotopic (exact) mass is 243 g/mol. The lowest BCUT2D eigenvalue weighted by Gasteiger charge is -2.06. The van der Waals surface area contributed by atoms with E-state index in [0.717, 1.165) is 5.56 Å². The lowest BCUT2D eigenvalue weighted by atomic mass is 9.94. The van der Waals surface area contributed by atoms with Crippen LogP contribution in [0.3, 0.4) is 0 Å². The highest BCUT2D eigenvalue weighted by Crippen LogP contribution is 2.23.